The molecule has 0 saturated carbocycles. The van der Waals surface area contributed by atoms with Crippen LogP contribution in [0.25, 0.3) is 10.8 Å². The molecule has 0 aromatic heterocycles. The van der Waals surface area contributed by atoms with E-state index in [1.807, 2.05) is 30.3 Å². The zero-order chi connectivity index (χ0) is 15.4. The number of benzene rings is 3. The van der Waals surface area contributed by atoms with Gasteiger partial charge in [0.25, 0.3) is 0 Å². The lowest BCUT2D eigenvalue weighted by molar-refractivity contribution is -0.117. The molecule has 0 bridgehead atoms. The van der Waals surface area contributed by atoms with E-state index in [4.69, 9.17) is 5.73 Å². The Bertz CT molecular complexity index is 794. The fourth-order valence-electron chi connectivity index (χ4n) is 2.49. The molecular formula is C19H18N2O. The average Bonchev–Trinajstić information content (AvgIpc) is 2.53. The molecule has 0 aliphatic carbocycles. The summed E-state index contributed by atoms with van der Waals surface area (Å²) in [6.07, 6.45) is 0.283. The van der Waals surface area contributed by atoms with Gasteiger partial charge in [-0.05, 0) is 40.1 Å². The maximum Gasteiger partial charge on any atom is 0.221 e. The first-order valence-electron chi connectivity index (χ1n) is 7.29. The first kappa shape index (κ1) is 14.1. The summed E-state index contributed by atoms with van der Waals surface area (Å²) in [6.45, 7) is 0.764. The van der Waals surface area contributed by atoms with Crippen LogP contribution in [0.4, 0.5) is 5.69 Å². The molecule has 3 rings (SSSR count). The highest BCUT2D eigenvalue weighted by molar-refractivity contribution is 5.83. The number of nitrogens with one attached hydrogen (secondary N) is 1. The minimum absolute atomic E-state index is 0.283. The highest BCUT2D eigenvalue weighted by Crippen LogP contribution is 2.17. The standard InChI is InChI=1S/C19H18N2O/c20-19(22)12-14-6-9-18(10-7-14)21-13-15-5-8-16-3-1-2-4-17(16)11-15/h1-11,21H,12-13H2,(H2,20,22). The van der Waals surface area contributed by atoms with E-state index < -0.39 is 0 Å². The Balaban J connectivity index is 1.67. The lowest BCUT2D eigenvalue weighted by Crippen LogP contribution is -2.13. The third-order valence-electron chi connectivity index (χ3n) is 3.64. The molecule has 0 saturated heterocycles. The molecule has 0 heterocycles. The van der Waals surface area contributed by atoms with Crippen molar-refractivity contribution in [2.24, 2.45) is 5.73 Å². The van der Waals surface area contributed by atoms with Crippen LogP contribution in [0.2, 0.25) is 0 Å². The Morgan fingerprint density at radius 3 is 2.27 bits per heavy atom. The van der Waals surface area contributed by atoms with E-state index in [0.717, 1.165) is 17.8 Å². The van der Waals surface area contributed by atoms with Crippen molar-refractivity contribution in [1.82, 2.24) is 0 Å². The van der Waals surface area contributed by atoms with E-state index in [9.17, 15) is 4.79 Å². The number of nitrogens with two attached hydrogens (primary N) is 1. The summed E-state index contributed by atoms with van der Waals surface area (Å²) in [5, 5.41) is 5.89. The van der Waals surface area contributed by atoms with Crippen molar-refractivity contribution in [2.45, 2.75) is 13.0 Å². The summed E-state index contributed by atoms with van der Waals surface area (Å²) in [6, 6.07) is 22.6. The molecule has 0 fully saturated rings. The van der Waals surface area contributed by atoms with Crippen molar-refractivity contribution >= 4 is 22.4 Å². The molecule has 0 spiro atoms. The summed E-state index contributed by atoms with van der Waals surface area (Å²) in [7, 11) is 0. The highest BCUT2D eigenvalue weighted by atomic mass is 16.1. The van der Waals surface area contributed by atoms with Gasteiger partial charge in [-0.2, -0.15) is 0 Å². The second-order valence-electron chi connectivity index (χ2n) is 5.38. The second kappa shape index (κ2) is 6.31. The molecule has 3 nitrogen and oxygen atoms in total. The highest BCUT2D eigenvalue weighted by Gasteiger charge is 2.00. The van der Waals surface area contributed by atoms with Gasteiger partial charge in [-0.15, -0.1) is 0 Å². The molecule has 110 valence electrons. The Morgan fingerprint density at radius 2 is 1.55 bits per heavy atom. The van der Waals surface area contributed by atoms with Crippen LogP contribution >= 0.6 is 0 Å². The zero-order valence-electron chi connectivity index (χ0n) is 12.3. The van der Waals surface area contributed by atoms with E-state index in [2.05, 4.69) is 41.7 Å². The normalized spacial score (nSPS) is 10.5. The first-order valence-corrected chi connectivity index (χ1v) is 7.29. The van der Waals surface area contributed by atoms with E-state index in [0.29, 0.717) is 0 Å². The molecule has 3 aromatic carbocycles. The van der Waals surface area contributed by atoms with Crippen LogP contribution in [-0.2, 0) is 17.8 Å². The van der Waals surface area contributed by atoms with Gasteiger partial charge in [-0.3, -0.25) is 4.79 Å². The number of anilines is 1. The van der Waals surface area contributed by atoms with Crippen LogP contribution in [0.15, 0.2) is 66.7 Å². The Morgan fingerprint density at radius 1 is 0.864 bits per heavy atom. The summed E-state index contributed by atoms with van der Waals surface area (Å²) in [4.78, 5) is 10.9. The molecule has 1 amide bonds. The third-order valence-corrected chi connectivity index (χ3v) is 3.64. The van der Waals surface area contributed by atoms with Gasteiger partial charge in [-0.25, -0.2) is 0 Å². The monoisotopic (exact) mass is 290 g/mol. The summed E-state index contributed by atoms with van der Waals surface area (Å²) in [5.41, 5.74) is 8.39. The Hall–Kier alpha value is -2.81. The molecule has 0 radical (unpaired) electrons. The first-order chi connectivity index (χ1) is 10.7. The van der Waals surface area contributed by atoms with Crippen LogP contribution in [0.3, 0.4) is 0 Å². The maximum atomic E-state index is 10.9. The van der Waals surface area contributed by atoms with E-state index >= 15 is 0 Å². The molecule has 3 N–H and O–H groups in total. The lowest BCUT2D eigenvalue weighted by atomic mass is 10.1. The van der Waals surface area contributed by atoms with Gasteiger partial charge in [0.2, 0.25) is 5.91 Å². The number of rotatable bonds is 5. The number of primary amides is 1. The fourth-order valence-corrected chi connectivity index (χ4v) is 2.49. The molecule has 22 heavy (non-hydrogen) atoms. The van der Waals surface area contributed by atoms with Crippen molar-refractivity contribution in [3.05, 3.63) is 77.9 Å². The topological polar surface area (TPSA) is 55.1 Å². The van der Waals surface area contributed by atoms with Crippen LogP contribution < -0.4 is 11.1 Å². The lowest BCUT2D eigenvalue weighted by Gasteiger charge is -2.08. The number of carbonyl (C=O) groups is 1. The number of amides is 1. The predicted molar refractivity (Wildman–Crippen MR) is 90.6 cm³/mol. The zero-order valence-corrected chi connectivity index (χ0v) is 12.3. The van der Waals surface area contributed by atoms with Crippen molar-refractivity contribution in [3.63, 3.8) is 0 Å². The summed E-state index contributed by atoms with van der Waals surface area (Å²) >= 11 is 0. The van der Waals surface area contributed by atoms with E-state index in [1.165, 1.54) is 16.3 Å². The van der Waals surface area contributed by atoms with Crippen molar-refractivity contribution < 1.29 is 4.79 Å². The number of carbonyl (C=O) groups excluding carboxylic acids is 1. The Kier molecular flexibility index (Phi) is 4.05. The molecule has 0 aliphatic rings. The van der Waals surface area contributed by atoms with Gasteiger partial charge >= 0.3 is 0 Å². The molecule has 0 aliphatic heterocycles. The van der Waals surface area contributed by atoms with Crippen LogP contribution in [0.5, 0.6) is 0 Å². The van der Waals surface area contributed by atoms with Gasteiger partial charge in [0.1, 0.15) is 0 Å². The summed E-state index contributed by atoms with van der Waals surface area (Å²) in [5.74, 6) is -0.308. The van der Waals surface area contributed by atoms with Crippen LogP contribution in [0, 0.1) is 0 Å². The van der Waals surface area contributed by atoms with Crippen molar-refractivity contribution in [3.8, 4) is 0 Å². The smallest absolute Gasteiger partial charge is 0.221 e. The average molecular weight is 290 g/mol. The van der Waals surface area contributed by atoms with Crippen molar-refractivity contribution in [1.29, 1.82) is 0 Å². The number of fused-ring (bicyclic) bond motifs is 1. The van der Waals surface area contributed by atoms with Gasteiger partial charge in [0.05, 0.1) is 6.42 Å². The number of hydrogen-bond acceptors (Lipinski definition) is 2. The van der Waals surface area contributed by atoms with Gasteiger partial charge in [-0.1, -0.05) is 48.5 Å². The fraction of sp³-hybridized carbons (Fsp3) is 0.105. The quantitative estimate of drug-likeness (QED) is 0.756. The van der Waals surface area contributed by atoms with Gasteiger partial charge < -0.3 is 11.1 Å². The maximum absolute atomic E-state index is 10.9. The Labute approximate surface area is 129 Å². The van der Waals surface area contributed by atoms with Crippen molar-refractivity contribution in [2.75, 3.05) is 5.32 Å². The van der Waals surface area contributed by atoms with Gasteiger partial charge in [0, 0.05) is 12.2 Å². The second-order valence-corrected chi connectivity index (χ2v) is 5.38. The van der Waals surface area contributed by atoms with Gasteiger partial charge in [0.15, 0.2) is 0 Å². The molecule has 3 heteroatoms. The largest absolute Gasteiger partial charge is 0.381 e. The SMILES string of the molecule is NC(=O)Cc1ccc(NCc2ccc3ccccc3c2)cc1. The molecule has 0 atom stereocenters. The number of hydrogen-bond donors (Lipinski definition) is 2. The third kappa shape index (κ3) is 3.44. The summed E-state index contributed by atoms with van der Waals surface area (Å²) < 4.78 is 0. The molecular weight excluding hydrogens is 272 g/mol. The van der Waals surface area contributed by atoms with E-state index in [-0.39, 0.29) is 12.3 Å². The van der Waals surface area contributed by atoms with Crippen LogP contribution in [-0.4, -0.2) is 5.91 Å². The minimum Gasteiger partial charge on any atom is -0.381 e. The van der Waals surface area contributed by atoms with E-state index in [1.54, 1.807) is 0 Å². The molecule has 3 aromatic rings. The predicted octanol–water partition coefficient (Wildman–Crippen LogP) is 3.48. The van der Waals surface area contributed by atoms with Crippen LogP contribution in [0.1, 0.15) is 11.1 Å². The molecule has 0 unspecified atom stereocenters. The minimum atomic E-state index is -0.308.